The van der Waals surface area contributed by atoms with Crippen LogP contribution in [0.2, 0.25) is 0 Å². The van der Waals surface area contributed by atoms with Crippen molar-refractivity contribution in [2.75, 3.05) is 27.2 Å². The van der Waals surface area contributed by atoms with Crippen LogP contribution in [0.15, 0.2) is 53.5 Å². The molecule has 0 saturated carbocycles. The number of fused-ring (bicyclic) bond motifs is 3. The predicted molar refractivity (Wildman–Crippen MR) is 119 cm³/mol. The lowest BCUT2D eigenvalue weighted by atomic mass is 9.98. The second-order valence-corrected chi connectivity index (χ2v) is 7.51. The van der Waals surface area contributed by atoms with Crippen LogP contribution in [-0.2, 0) is 9.53 Å². The van der Waals surface area contributed by atoms with Gasteiger partial charge >= 0.3 is 12.1 Å². The van der Waals surface area contributed by atoms with E-state index in [9.17, 15) is 14.7 Å². The number of ether oxygens (including phenoxy) is 1. The number of aliphatic carboxylic acids is 1. The fourth-order valence-corrected chi connectivity index (χ4v) is 3.86. The number of nitrogens with zero attached hydrogens (tertiary/aromatic N) is 2. The fourth-order valence-electron chi connectivity index (χ4n) is 3.86. The van der Waals surface area contributed by atoms with Crippen LogP contribution >= 0.6 is 0 Å². The zero-order chi connectivity index (χ0) is 22.4. The van der Waals surface area contributed by atoms with Crippen LogP contribution in [0, 0.1) is 0 Å². The molecule has 1 atom stereocenters. The molecule has 0 fully saturated rings. The van der Waals surface area contributed by atoms with E-state index in [0.29, 0.717) is 18.9 Å². The lowest BCUT2D eigenvalue weighted by Crippen LogP contribution is -2.42. The van der Waals surface area contributed by atoms with Gasteiger partial charge in [0.1, 0.15) is 12.6 Å². The Balaban J connectivity index is 1.57. The molecule has 0 heterocycles. The van der Waals surface area contributed by atoms with Gasteiger partial charge in [-0.2, -0.15) is 0 Å². The lowest BCUT2D eigenvalue weighted by Gasteiger charge is -2.20. The molecule has 164 valence electrons. The Hall–Kier alpha value is -3.55. The van der Waals surface area contributed by atoms with Crippen molar-refractivity contribution in [3.63, 3.8) is 0 Å². The normalized spacial score (nSPS) is 13.8. The van der Waals surface area contributed by atoms with Crippen LogP contribution < -0.4 is 11.1 Å². The number of carbonyl (C=O) groups is 2. The highest BCUT2D eigenvalue weighted by molar-refractivity contribution is 5.81. The van der Waals surface area contributed by atoms with Crippen LogP contribution in [0.1, 0.15) is 29.9 Å². The van der Waals surface area contributed by atoms with E-state index in [4.69, 9.17) is 10.5 Å². The van der Waals surface area contributed by atoms with Gasteiger partial charge in [0, 0.05) is 26.6 Å². The van der Waals surface area contributed by atoms with Gasteiger partial charge in [-0.05, 0) is 35.1 Å². The van der Waals surface area contributed by atoms with E-state index in [1.54, 1.807) is 19.0 Å². The van der Waals surface area contributed by atoms with E-state index >= 15 is 0 Å². The molecule has 0 bridgehead atoms. The molecule has 1 aliphatic carbocycles. The van der Waals surface area contributed by atoms with Crippen LogP contribution in [0.25, 0.3) is 11.1 Å². The molecule has 0 saturated heterocycles. The summed E-state index contributed by atoms with van der Waals surface area (Å²) in [5, 5.41) is 11.9. The average Bonchev–Trinajstić information content (AvgIpc) is 3.10. The van der Waals surface area contributed by atoms with Crippen molar-refractivity contribution < 1.29 is 19.4 Å². The molecule has 8 heteroatoms. The number of nitrogens with two attached hydrogens (primary N) is 1. The molecule has 0 radical (unpaired) electrons. The first kappa shape index (κ1) is 22.1. The number of nitrogens with one attached hydrogen (secondary N) is 1. The highest BCUT2D eigenvalue weighted by atomic mass is 16.5. The molecule has 8 nitrogen and oxygen atoms in total. The molecule has 4 N–H and O–H groups in total. The number of rotatable bonds is 8. The molecule has 3 rings (SSSR count). The van der Waals surface area contributed by atoms with Crippen molar-refractivity contribution in [1.29, 1.82) is 0 Å². The summed E-state index contributed by atoms with van der Waals surface area (Å²) in [5.41, 5.74) is 10.2. The standard InChI is InChI=1S/C23H28N4O4/c1-25-22(24)27(2)13-7-12-20(21(28)29)26-23(30)31-14-19-17-10-5-3-8-15(17)16-9-4-6-11-18(16)19/h3-6,8-11,19-20H,7,12-14H2,1-2H3,(H2,24,25)(H,26,30)(H,28,29)/t20-/m0/s1. The second-order valence-electron chi connectivity index (χ2n) is 7.51. The van der Waals surface area contributed by atoms with E-state index < -0.39 is 18.1 Å². The van der Waals surface area contributed by atoms with Gasteiger partial charge < -0.3 is 25.8 Å². The summed E-state index contributed by atoms with van der Waals surface area (Å²) in [4.78, 5) is 29.5. The molecule has 2 aromatic rings. The third-order valence-corrected chi connectivity index (χ3v) is 5.54. The maximum absolute atomic E-state index is 12.3. The van der Waals surface area contributed by atoms with Crippen molar-refractivity contribution in [1.82, 2.24) is 10.2 Å². The minimum atomic E-state index is -1.10. The molecule has 1 aliphatic rings. The Morgan fingerprint density at radius 3 is 2.29 bits per heavy atom. The predicted octanol–water partition coefficient (Wildman–Crippen LogP) is 2.63. The fraction of sp³-hybridized carbons (Fsp3) is 0.348. The van der Waals surface area contributed by atoms with Gasteiger partial charge in [0.2, 0.25) is 0 Å². The average molecular weight is 425 g/mol. The molecular formula is C23H28N4O4. The van der Waals surface area contributed by atoms with Crippen LogP contribution in [-0.4, -0.2) is 61.3 Å². The van der Waals surface area contributed by atoms with Crippen molar-refractivity contribution in [2.24, 2.45) is 10.7 Å². The Bertz CT molecular complexity index is 930. The summed E-state index contributed by atoms with van der Waals surface area (Å²) < 4.78 is 5.44. The van der Waals surface area contributed by atoms with Crippen molar-refractivity contribution in [3.05, 3.63) is 59.7 Å². The SMILES string of the molecule is CN=C(N)N(C)CCC[C@H](NC(=O)OCC1c2ccccc2-c2ccccc21)C(=O)O. The molecule has 2 aromatic carbocycles. The highest BCUT2D eigenvalue weighted by Crippen LogP contribution is 2.44. The van der Waals surface area contributed by atoms with Gasteiger partial charge in [-0.1, -0.05) is 48.5 Å². The molecule has 31 heavy (non-hydrogen) atoms. The zero-order valence-electron chi connectivity index (χ0n) is 17.7. The number of carboxylic acids is 1. The molecular weight excluding hydrogens is 396 g/mol. The number of hydrogen-bond acceptors (Lipinski definition) is 4. The van der Waals surface area contributed by atoms with Crippen molar-refractivity contribution in [2.45, 2.75) is 24.8 Å². The van der Waals surface area contributed by atoms with E-state index in [2.05, 4.69) is 22.4 Å². The third kappa shape index (κ3) is 5.14. The van der Waals surface area contributed by atoms with Gasteiger partial charge in [0.25, 0.3) is 0 Å². The van der Waals surface area contributed by atoms with E-state index in [-0.39, 0.29) is 18.9 Å². The van der Waals surface area contributed by atoms with Crippen LogP contribution in [0.4, 0.5) is 4.79 Å². The molecule has 0 aromatic heterocycles. The number of aliphatic imine (C=N–C) groups is 1. The van der Waals surface area contributed by atoms with E-state index in [1.165, 1.54) is 0 Å². The topological polar surface area (TPSA) is 117 Å². The first-order valence-electron chi connectivity index (χ1n) is 10.2. The van der Waals surface area contributed by atoms with Gasteiger partial charge in [-0.15, -0.1) is 0 Å². The highest BCUT2D eigenvalue weighted by Gasteiger charge is 2.29. The third-order valence-electron chi connectivity index (χ3n) is 5.54. The smallest absolute Gasteiger partial charge is 0.407 e. The summed E-state index contributed by atoms with van der Waals surface area (Å²) in [7, 11) is 3.36. The van der Waals surface area contributed by atoms with Crippen molar-refractivity contribution >= 4 is 18.0 Å². The van der Waals surface area contributed by atoms with Crippen molar-refractivity contribution in [3.8, 4) is 11.1 Å². The van der Waals surface area contributed by atoms with Crippen LogP contribution in [0.5, 0.6) is 0 Å². The largest absolute Gasteiger partial charge is 0.480 e. The molecule has 0 aliphatic heterocycles. The Morgan fingerprint density at radius 1 is 1.16 bits per heavy atom. The number of guanidine groups is 1. The van der Waals surface area contributed by atoms with Gasteiger partial charge in [0.15, 0.2) is 5.96 Å². The molecule has 0 unspecified atom stereocenters. The number of benzene rings is 2. The Morgan fingerprint density at radius 2 is 1.74 bits per heavy atom. The molecule has 1 amide bonds. The summed E-state index contributed by atoms with van der Waals surface area (Å²) in [6.45, 7) is 0.664. The monoisotopic (exact) mass is 424 g/mol. The summed E-state index contributed by atoms with van der Waals surface area (Å²) in [6, 6.07) is 15.0. The number of alkyl carbamates (subject to hydrolysis) is 1. The van der Waals surface area contributed by atoms with Gasteiger partial charge in [-0.25, -0.2) is 9.59 Å². The first-order chi connectivity index (χ1) is 14.9. The van der Waals surface area contributed by atoms with Gasteiger partial charge in [0.05, 0.1) is 0 Å². The number of carboxylic acid groups (broad SMARTS) is 1. The molecule has 0 spiro atoms. The first-order valence-corrected chi connectivity index (χ1v) is 10.2. The maximum atomic E-state index is 12.3. The minimum absolute atomic E-state index is 0.0774. The number of amides is 1. The van der Waals surface area contributed by atoms with E-state index in [1.807, 2.05) is 36.4 Å². The van der Waals surface area contributed by atoms with Gasteiger partial charge in [-0.3, -0.25) is 4.99 Å². The maximum Gasteiger partial charge on any atom is 0.407 e. The summed E-state index contributed by atoms with van der Waals surface area (Å²) in [6.07, 6.45) is 0.0334. The second kappa shape index (κ2) is 9.97. The zero-order valence-corrected chi connectivity index (χ0v) is 17.7. The number of carbonyl (C=O) groups excluding carboxylic acids is 1. The van der Waals surface area contributed by atoms with Crippen LogP contribution in [0.3, 0.4) is 0 Å². The van der Waals surface area contributed by atoms with E-state index in [0.717, 1.165) is 22.3 Å². The summed E-state index contributed by atoms with van der Waals surface area (Å²) in [5.74, 6) is -0.809. The Labute approximate surface area is 181 Å². The Kier molecular flexibility index (Phi) is 7.12. The summed E-state index contributed by atoms with van der Waals surface area (Å²) >= 11 is 0. The lowest BCUT2D eigenvalue weighted by molar-refractivity contribution is -0.139. The minimum Gasteiger partial charge on any atom is -0.480 e. The quantitative estimate of drug-likeness (QED) is 0.443. The number of hydrogen-bond donors (Lipinski definition) is 3.